The van der Waals surface area contributed by atoms with E-state index in [1.165, 1.54) is 32.1 Å². The lowest BCUT2D eigenvalue weighted by Crippen LogP contribution is -2.12. The third kappa shape index (κ3) is 6.65. The molecule has 1 atom stereocenters. The minimum Gasteiger partial charge on any atom is -0.490 e. The summed E-state index contributed by atoms with van der Waals surface area (Å²) < 4.78 is 11.5. The highest BCUT2D eigenvalue weighted by Gasteiger charge is 2.10. The molecule has 0 unspecified atom stereocenters. The maximum absolute atomic E-state index is 10.8. The monoisotopic (exact) mass is 292 g/mol. The summed E-state index contributed by atoms with van der Waals surface area (Å²) in [6.07, 6.45) is 8.38. The van der Waals surface area contributed by atoms with Crippen molar-refractivity contribution in [2.45, 2.75) is 65.4 Å². The fourth-order valence-corrected chi connectivity index (χ4v) is 2.27. The van der Waals surface area contributed by atoms with Crippen LogP contribution in [-0.2, 0) is 0 Å². The van der Waals surface area contributed by atoms with Crippen molar-refractivity contribution in [3.63, 3.8) is 0 Å². The summed E-state index contributed by atoms with van der Waals surface area (Å²) in [6.45, 7) is 6.80. The molecule has 1 rings (SSSR count). The van der Waals surface area contributed by atoms with E-state index in [9.17, 15) is 4.79 Å². The highest BCUT2D eigenvalue weighted by molar-refractivity contribution is 5.76. The summed E-state index contributed by atoms with van der Waals surface area (Å²) in [6, 6.07) is 5.32. The zero-order valence-electron chi connectivity index (χ0n) is 13.6. The molecular formula is C18H28O3. The van der Waals surface area contributed by atoms with E-state index in [-0.39, 0.29) is 6.10 Å². The summed E-state index contributed by atoms with van der Waals surface area (Å²) in [5.74, 6) is 1.38. The summed E-state index contributed by atoms with van der Waals surface area (Å²) in [5, 5.41) is 0. The summed E-state index contributed by atoms with van der Waals surface area (Å²) in [4.78, 5) is 10.8. The summed E-state index contributed by atoms with van der Waals surface area (Å²) in [5.41, 5.74) is 0.609. The molecular weight excluding hydrogens is 264 g/mol. The lowest BCUT2D eigenvalue weighted by atomic mass is 10.1. The molecule has 0 saturated carbocycles. The fraction of sp³-hybridized carbons (Fsp3) is 0.611. The largest absolute Gasteiger partial charge is 0.490 e. The van der Waals surface area contributed by atoms with E-state index in [2.05, 4.69) is 13.8 Å². The molecule has 0 aliphatic rings. The Morgan fingerprint density at radius 3 is 2.52 bits per heavy atom. The van der Waals surface area contributed by atoms with E-state index in [1.54, 1.807) is 12.1 Å². The quantitative estimate of drug-likeness (QED) is 0.424. The highest BCUT2D eigenvalue weighted by Crippen LogP contribution is 2.29. The van der Waals surface area contributed by atoms with Gasteiger partial charge >= 0.3 is 0 Å². The van der Waals surface area contributed by atoms with Crippen molar-refractivity contribution in [2.24, 2.45) is 0 Å². The maximum Gasteiger partial charge on any atom is 0.161 e. The smallest absolute Gasteiger partial charge is 0.161 e. The molecule has 0 aromatic heterocycles. The van der Waals surface area contributed by atoms with Crippen LogP contribution in [-0.4, -0.2) is 19.0 Å². The van der Waals surface area contributed by atoms with Gasteiger partial charge in [-0.15, -0.1) is 0 Å². The van der Waals surface area contributed by atoms with Crippen molar-refractivity contribution in [3.8, 4) is 11.5 Å². The Labute approximate surface area is 128 Å². The molecule has 3 heteroatoms. The van der Waals surface area contributed by atoms with Crippen LogP contribution in [0.25, 0.3) is 0 Å². The first-order chi connectivity index (χ1) is 10.2. The molecule has 0 radical (unpaired) electrons. The second-order valence-electron chi connectivity index (χ2n) is 5.39. The van der Waals surface area contributed by atoms with E-state index < -0.39 is 0 Å². The van der Waals surface area contributed by atoms with Crippen LogP contribution >= 0.6 is 0 Å². The van der Waals surface area contributed by atoms with Crippen molar-refractivity contribution in [1.29, 1.82) is 0 Å². The van der Waals surface area contributed by atoms with Crippen molar-refractivity contribution in [3.05, 3.63) is 23.8 Å². The van der Waals surface area contributed by atoms with Gasteiger partial charge in [-0.3, -0.25) is 4.79 Å². The first-order valence-electron chi connectivity index (χ1n) is 8.09. The van der Waals surface area contributed by atoms with E-state index >= 15 is 0 Å². The minimum absolute atomic E-state index is 0.160. The molecule has 21 heavy (non-hydrogen) atoms. The van der Waals surface area contributed by atoms with Gasteiger partial charge in [0, 0.05) is 5.56 Å². The van der Waals surface area contributed by atoms with Crippen LogP contribution in [0.15, 0.2) is 18.2 Å². The number of benzene rings is 1. The Morgan fingerprint density at radius 2 is 1.86 bits per heavy atom. The first-order valence-corrected chi connectivity index (χ1v) is 8.09. The van der Waals surface area contributed by atoms with Crippen LogP contribution in [0.5, 0.6) is 11.5 Å². The van der Waals surface area contributed by atoms with Gasteiger partial charge in [0.25, 0.3) is 0 Å². The third-order valence-electron chi connectivity index (χ3n) is 3.45. The molecule has 1 aromatic carbocycles. The molecule has 0 aliphatic carbocycles. The maximum atomic E-state index is 10.8. The van der Waals surface area contributed by atoms with Gasteiger partial charge in [-0.2, -0.15) is 0 Å². The lowest BCUT2D eigenvalue weighted by Gasteiger charge is -2.17. The molecule has 0 saturated heterocycles. The lowest BCUT2D eigenvalue weighted by molar-refractivity contribution is 0.112. The summed E-state index contributed by atoms with van der Waals surface area (Å²) in [7, 11) is 0. The van der Waals surface area contributed by atoms with E-state index in [0.717, 1.165) is 18.5 Å². The number of hydrogen-bond acceptors (Lipinski definition) is 3. The van der Waals surface area contributed by atoms with Gasteiger partial charge in [-0.1, -0.05) is 32.6 Å². The molecule has 0 heterocycles. The molecule has 0 spiro atoms. The molecule has 0 N–H and O–H groups in total. The van der Waals surface area contributed by atoms with Gasteiger partial charge < -0.3 is 9.47 Å². The standard InChI is InChI=1S/C18H28O3/c1-4-6-7-8-9-10-15(3)21-17-12-11-16(14-19)13-18(17)20-5-2/h11-15H,4-10H2,1-3H3/t15-/m0/s1. The van der Waals surface area contributed by atoms with Crippen LogP contribution in [0.2, 0.25) is 0 Å². The Kier molecular flexibility index (Phi) is 8.56. The van der Waals surface area contributed by atoms with Crippen LogP contribution in [0.1, 0.15) is 69.7 Å². The fourth-order valence-electron chi connectivity index (χ4n) is 2.27. The third-order valence-corrected chi connectivity index (χ3v) is 3.45. The molecule has 0 amide bonds. The molecule has 0 bridgehead atoms. The second kappa shape index (κ2) is 10.3. The predicted octanol–water partition coefficient (Wildman–Crippen LogP) is 5.03. The molecule has 1 aromatic rings. The molecule has 3 nitrogen and oxygen atoms in total. The Morgan fingerprint density at radius 1 is 1.10 bits per heavy atom. The number of ether oxygens (including phenoxy) is 2. The summed E-state index contributed by atoms with van der Waals surface area (Å²) >= 11 is 0. The predicted molar refractivity (Wildman–Crippen MR) is 86.5 cm³/mol. The average Bonchev–Trinajstić information content (AvgIpc) is 2.49. The normalized spacial score (nSPS) is 12.0. The highest BCUT2D eigenvalue weighted by atomic mass is 16.5. The van der Waals surface area contributed by atoms with E-state index in [0.29, 0.717) is 17.9 Å². The van der Waals surface area contributed by atoms with Crippen molar-refractivity contribution in [2.75, 3.05) is 6.61 Å². The second-order valence-corrected chi connectivity index (χ2v) is 5.39. The van der Waals surface area contributed by atoms with Gasteiger partial charge in [-0.05, 0) is 44.9 Å². The van der Waals surface area contributed by atoms with Crippen molar-refractivity contribution >= 4 is 6.29 Å². The van der Waals surface area contributed by atoms with Gasteiger partial charge in [0.15, 0.2) is 11.5 Å². The number of aldehydes is 1. The Bertz CT molecular complexity index is 415. The topological polar surface area (TPSA) is 35.5 Å². The first kappa shape index (κ1) is 17.5. The Balaban J connectivity index is 2.50. The van der Waals surface area contributed by atoms with Crippen LogP contribution in [0.4, 0.5) is 0 Å². The van der Waals surface area contributed by atoms with E-state index in [1.807, 2.05) is 13.0 Å². The van der Waals surface area contributed by atoms with Crippen LogP contribution < -0.4 is 9.47 Å². The average molecular weight is 292 g/mol. The number of rotatable bonds is 11. The zero-order chi connectivity index (χ0) is 15.5. The van der Waals surface area contributed by atoms with Gasteiger partial charge in [-0.25, -0.2) is 0 Å². The Hall–Kier alpha value is -1.51. The molecule has 118 valence electrons. The van der Waals surface area contributed by atoms with E-state index in [4.69, 9.17) is 9.47 Å². The number of carbonyl (C=O) groups excluding carboxylic acids is 1. The minimum atomic E-state index is 0.160. The van der Waals surface area contributed by atoms with Gasteiger partial charge in [0.2, 0.25) is 0 Å². The van der Waals surface area contributed by atoms with Crippen LogP contribution in [0.3, 0.4) is 0 Å². The van der Waals surface area contributed by atoms with Gasteiger partial charge in [0.05, 0.1) is 12.7 Å². The molecule has 0 fully saturated rings. The van der Waals surface area contributed by atoms with Gasteiger partial charge in [0.1, 0.15) is 6.29 Å². The number of hydrogen-bond donors (Lipinski definition) is 0. The number of unbranched alkanes of at least 4 members (excludes halogenated alkanes) is 4. The zero-order valence-corrected chi connectivity index (χ0v) is 13.6. The van der Waals surface area contributed by atoms with Crippen molar-refractivity contribution in [1.82, 2.24) is 0 Å². The SMILES string of the molecule is CCCCCCC[C@H](C)Oc1ccc(C=O)cc1OCC. The van der Waals surface area contributed by atoms with Crippen LogP contribution in [0, 0.1) is 0 Å². The molecule has 0 aliphatic heterocycles. The number of carbonyl (C=O) groups is 1. The van der Waals surface area contributed by atoms with Crippen molar-refractivity contribution < 1.29 is 14.3 Å².